The van der Waals surface area contributed by atoms with Crippen LogP contribution in [-0.2, 0) is 6.54 Å². The summed E-state index contributed by atoms with van der Waals surface area (Å²) in [6, 6.07) is 14.0. The van der Waals surface area contributed by atoms with Crippen LogP contribution in [0.25, 0.3) is 0 Å². The van der Waals surface area contributed by atoms with Crippen LogP contribution in [0.3, 0.4) is 0 Å². The van der Waals surface area contributed by atoms with E-state index < -0.39 is 4.92 Å². The number of non-ortho nitro benzene ring substituents is 1. The van der Waals surface area contributed by atoms with Gasteiger partial charge in [0.05, 0.1) is 15.6 Å². The van der Waals surface area contributed by atoms with Gasteiger partial charge in [-0.2, -0.15) is 0 Å². The number of benzene rings is 2. The highest BCUT2D eigenvalue weighted by Crippen LogP contribution is 2.26. The van der Waals surface area contributed by atoms with E-state index >= 15 is 0 Å². The number of anilines is 1. The third kappa shape index (κ3) is 4.40. The largest absolute Gasteiger partial charge is 0.358 e. The maximum Gasteiger partial charge on any atom is 0.271 e. The molecule has 0 fully saturated rings. The topological polar surface area (TPSA) is 67.2 Å². The molecule has 0 unspecified atom stereocenters. The van der Waals surface area contributed by atoms with Gasteiger partial charge in [-0.3, -0.25) is 10.1 Å². The summed E-state index contributed by atoms with van der Waals surface area (Å²) in [5.74, 6) is 0. The first kappa shape index (κ1) is 15.2. The molecule has 108 valence electrons. The second-order valence-electron chi connectivity index (χ2n) is 4.21. The number of hydrogen-bond acceptors (Lipinski definition) is 3. The Morgan fingerprint density at radius 2 is 1.95 bits per heavy atom. The van der Waals surface area contributed by atoms with Gasteiger partial charge in [0, 0.05) is 18.7 Å². The van der Waals surface area contributed by atoms with Crippen LogP contribution in [0.1, 0.15) is 5.56 Å². The van der Waals surface area contributed by atoms with Gasteiger partial charge in [0.1, 0.15) is 0 Å². The van der Waals surface area contributed by atoms with Crippen LogP contribution >= 0.6 is 23.8 Å². The molecule has 0 atom stereocenters. The summed E-state index contributed by atoms with van der Waals surface area (Å²) in [6.07, 6.45) is 0. The van der Waals surface area contributed by atoms with Gasteiger partial charge in [0.2, 0.25) is 0 Å². The third-order valence-corrected chi connectivity index (χ3v) is 3.27. The van der Waals surface area contributed by atoms with Gasteiger partial charge in [0.25, 0.3) is 5.69 Å². The molecular weight excluding hydrogens is 310 g/mol. The molecule has 0 radical (unpaired) electrons. The average molecular weight is 322 g/mol. The molecule has 0 spiro atoms. The SMILES string of the molecule is O=[N+]([O-])c1ccc(NC(=S)NCc2ccccc2)c(Cl)c1. The van der Waals surface area contributed by atoms with E-state index in [2.05, 4.69) is 10.6 Å². The molecule has 21 heavy (non-hydrogen) atoms. The first-order valence-corrected chi connectivity index (χ1v) is 6.87. The van der Waals surface area contributed by atoms with Crippen molar-refractivity contribution in [3.8, 4) is 0 Å². The molecule has 0 heterocycles. The smallest absolute Gasteiger partial charge is 0.271 e. The van der Waals surface area contributed by atoms with E-state index in [1.54, 1.807) is 0 Å². The van der Waals surface area contributed by atoms with Gasteiger partial charge in [0.15, 0.2) is 5.11 Å². The van der Waals surface area contributed by atoms with Gasteiger partial charge in [-0.1, -0.05) is 41.9 Å². The fraction of sp³-hybridized carbons (Fsp3) is 0.0714. The van der Waals surface area contributed by atoms with E-state index in [0.717, 1.165) is 5.56 Å². The van der Waals surface area contributed by atoms with Crippen LogP contribution in [0, 0.1) is 10.1 Å². The second kappa shape index (κ2) is 7.01. The normalized spacial score (nSPS) is 9.95. The Morgan fingerprint density at radius 3 is 2.57 bits per heavy atom. The number of nitro benzene ring substituents is 1. The van der Waals surface area contributed by atoms with E-state index in [-0.39, 0.29) is 10.7 Å². The Morgan fingerprint density at radius 1 is 1.24 bits per heavy atom. The number of nitrogens with zero attached hydrogens (tertiary/aromatic N) is 1. The van der Waals surface area contributed by atoms with Crippen molar-refractivity contribution in [2.45, 2.75) is 6.54 Å². The zero-order valence-electron chi connectivity index (χ0n) is 10.9. The summed E-state index contributed by atoms with van der Waals surface area (Å²) >= 11 is 11.1. The summed E-state index contributed by atoms with van der Waals surface area (Å²) in [7, 11) is 0. The van der Waals surface area contributed by atoms with Crippen molar-refractivity contribution in [2.24, 2.45) is 0 Å². The molecule has 2 aromatic carbocycles. The van der Waals surface area contributed by atoms with Gasteiger partial charge in [-0.25, -0.2) is 0 Å². The highest BCUT2D eigenvalue weighted by molar-refractivity contribution is 7.80. The standard InChI is InChI=1S/C14H12ClN3O2S/c15-12-8-11(18(19)20)6-7-13(12)17-14(21)16-9-10-4-2-1-3-5-10/h1-8H,9H2,(H2,16,17,21). The maximum atomic E-state index is 10.6. The average Bonchev–Trinajstić information content (AvgIpc) is 2.48. The number of nitro groups is 1. The fourth-order valence-corrected chi connectivity index (χ4v) is 2.07. The Kier molecular flexibility index (Phi) is 5.08. The Hall–Kier alpha value is -2.18. The molecule has 2 N–H and O–H groups in total. The monoisotopic (exact) mass is 321 g/mol. The lowest BCUT2D eigenvalue weighted by Gasteiger charge is -2.11. The van der Waals surface area contributed by atoms with Crippen molar-refractivity contribution in [1.29, 1.82) is 0 Å². The van der Waals surface area contributed by atoms with Gasteiger partial charge < -0.3 is 10.6 Å². The number of thiocarbonyl (C=S) groups is 1. The first-order valence-electron chi connectivity index (χ1n) is 6.09. The molecule has 0 aliphatic rings. The van der Waals surface area contributed by atoms with Crippen LogP contribution in [0.4, 0.5) is 11.4 Å². The number of nitrogens with one attached hydrogen (secondary N) is 2. The summed E-state index contributed by atoms with van der Waals surface area (Å²) in [5, 5.41) is 17.2. The van der Waals surface area contributed by atoms with Crippen molar-refractivity contribution in [1.82, 2.24) is 5.32 Å². The van der Waals surface area contributed by atoms with Crippen molar-refractivity contribution in [3.05, 3.63) is 69.2 Å². The van der Waals surface area contributed by atoms with Crippen molar-refractivity contribution >= 4 is 40.3 Å². The Bertz CT molecular complexity index is 665. The molecule has 2 aromatic rings. The number of rotatable bonds is 4. The Balaban J connectivity index is 1.95. The second-order valence-corrected chi connectivity index (χ2v) is 5.03. The first-order chi connectivity index (χ1) is 10.1. The van der Waals surface area contributed by atoms with Crippen molar-refractivity contribution in [2.75, 3.05) is 5.32 Å². The highest BCUT2D eigenvalue weighted by Gasteiger charge is 2.10. The van der Waals surface area contributed by atoms with Crippen LogP contribution in [0.15, 0.2) is 48.5 Å². The predicted molar refractivity (Wildman–Crippen MR) is 87.6 cm³/mol. The summed E-state index contributed by atoms with van der Waals surface area (Å²) < 4.78 is 0. The van der Waals surface area contributed by atoms with Crippen LogP contribution in [0.5, 0.6) is 0 Å². The molecule has 0 aliphatic carbocycles. The van der Waals surface area contributed by atoms with E-state index in [0.29, 0.717) is 17.3 Å². The van der Waals surface area contributed by atoms with Gasteiger partial charge in [-0.15, -0.1) is 0 Å². The van der Waals surface area contributed by atoms with E-state index in [9.17, 15) is 10.1 Å². The highest BCUT2D eigenvalue weighted by atomic mass is 35.5. The quantitative estimate of drug-likeness (QED) is 0.510. The third-order valence-electron chi connectivity index (χ3n) is 2.71. The molecule has 0 saturated heterocycles. The minimum atomic E-state index is -0.498. The molecule has 2 rings (SSSR count). The molecular formula is C14H12ClN3O2S. The van der Waals surface area contributed by atoms with E-state index in [1.165, 1.54) is 18.2 Å². The fourth-order valence-electron chi connectivity index (χ4n) is 1.66. The van der Waals surface area contributed by atoms with E-state index in [4.69, 9.17) is 23.8 Å². The molecule has 0 saturated carbocycles. The maximum absolute atomic E-state index is 10.6. The van der Waals surface area contributed by atoms with Crippen LogP contribution < -0.4 is 10.6 Å². The summed E-state index contributed by atoms with van der Waals surface area (Å²) in [4.78, 5) is 10.1. The van der Waals surface area contributed by atoms with Crippen LogP contribution in [-0.4, -0.2) is 10.0 Å². The predicted octanol–water partition coefficient (Wildman–Crippen LogP) is 3.73. The van der Waals surface area contributed by atoms with Gasteiger partial charge >= 0.3 is 0 Å². The van der Waals surface area contributed by atoms with E-state index in [1.807, 2.05) is 30.3 Å². The number of hydrogen-bond donors (Lipinski definition) is 2. The summed E-state index contributed by atoms with van der Waals surface area (Å²) in [5.41, 5.74) is 1.55. The molecule has 5 nitrogen and oxygen atoms in total. The minimum Gasteiger partial charge on any atom is -0.358 e. The van der Waals surface area contributed by atoms with Crippen molar-refractivity contribution in [3.63, 3.8) is 0 Å². The zero-order valence-corrected chi connectivity index (χ0v) is 12.4. The minimum absolute atomic E-state index is 0.0614. The van der Waals surface area contributed by atoms with Crippen molar-refractivity contribution < 1.29 is 4.92 Å². The lowest BCUT2D eigenvalue weighted by molar-refractivity contribution is -0.384. The molecule has 7 heteroatoms. The lowest BCUT2D eigenvalue weighted by Crippen LogP contribution is -2.27. The molecule has 0 aromatic heterocycles. The molecule has 0 aliphatic heterocycles. The summed E-state index contributed by atoms with van der Waals surface area (Å²) in [6.45, 7) is 0.581. The molecule has 0 bridgehead atoms. The number of halogens is 1. The van der Waals surface area contributed by atoms with Crippen LogP contribution in [0.2, 0.25) is 5.02 Å². The zero-order chi connectivity index (χ0) is 15.2. The lowest BCUT2D eigenvalue weighted by atomic mass is 10.2. The molecule has 0 amide bonds. The van der Waals surface area contributed by atoms with Gasteiger partial charge in [-0.05, 0) is 23.8 Å². The Labute approximate surface area is 132 Å².